The lowest BCUT2D eigenvalue weighted by molar-refractivity contribution is -0.156. The van der Waals surface area contributed by atoms with E-state index in [9.17, 15) is 20.1 Å². The average molecular weight is 282 g/mol. The molecule has 3 N–H and O–H groups in total. The van der Waals surface area contributed by atoms with Crippen LogP contribution in [0, 0.1) is 22.7 Å². The molecule has 0 aromatic carbocycles. The lowest BCUT2D eigenvalue weighted by atomic mass is 9.46. The van der Waals surface area contributed by atoms with Crippen molar-refractivity contribution >= 4 is 5.97 Å². The van der Waals surface area contributed by atoms with E-state index >= 15 is 0 Å². The molecule has 0 aliphatic heterocycles. The lowest BCUT2D eigenvalue weighted by Gasteiger charge is -2.59. The van der Waals surface area contributed by atoms with Gasteiger partial charge >= 0.3 is 5.97 Å². The Morgan fingerprint density at radius 2 is 2.10 bits per heavy atom. The van der Waals surface area contributed by atoms with Crippen LogP contribution in [0.5, 0.6) is 0 Å². The van der Waals surface area contributed by atoms with Crippen LogP contribution in [0.1, 0.15) is 46.5 Å². The number of fused-ring (bicyclic) bond motifs is 1. The minimum absolute atomic E-state index is 0.0540. The number of carboxylic acid groups (broad SMARTS) is 1. The van der Waals surface area contributed by atoms with Gasteiger partial charge in [-0.05, 0) is 42.1 Å². The summed E-state index contributed by atoms with van der Waals surface area (Å²) in [5, 5.41) is 29.5. The number of hydrogen-bond acceptors (Lipinski definition) is 3. The van der Waals surface area contributed by atoms with Crippen LogP contribution in [0.2, 0.25) is 0 Å². The fraction of sp³-hybridized carbons (Fsp3) is 0.812. The molecule has 0 aromatic heterocycles. The second-order valence-corrected chi connectivity index (χ2v) is 7.03. The Morgan fingerprint density at radius 1 is 1.45 bits per heavy atom. The van der Waals surface area contributed by atoms with E-state index < -0.39 is 17.5 Å². The smallest absolute Gasteiger partial charge is 0.303 e. The van der Waals surface area contributed by atoms with Gasteiger partial charge < -0.3 is 15.3 Å². The van der Waals surface area contributed by atoms with Crippen LogP contribution in [-0.4, -0.2) is 34.0 Å². The van der Waals surface area contributed by atoms with Crippen LogP contribution in [0.3, 0.4) is 0 Å². The Hall–Kier alpha value is -0.870. The summed E-state index contributed by atoms with van der Waals surface area (Å²) in [4.78, 5) is 11.3. The maximum atomic E-state index is 11.3. The number of hydrogen-bond donors (Lipinski definition) is 3. The summed E-state index contributed by atoms with van der Waals surface area (Å²) in [5.74, 6) is -0.528. The van der Waals surface area contributed by atoms with Crippen molar-refractivity contribution in [2.45, 2.75) is 52.6 Å². The molecule has 0 amide bonds. The molecular weight excluding hydrogens is 256 g/mol. The Labute approximate surface area is 120 Å². The molecule has 20 heavy (non-hydrogen) atoms. The van der Waals surface area contributed by atoms with Gasteiger partial charge in [-0.15, -0.1) is 0 Å². The minimum Gasteiger partial charge on any atom is -0.481 e. The molecule has 4 heteroatoms. The van der Waals surface area contributed by atoms with Crippen LogP contribution in [-0.2, 0) is 4.79 Å². The first-order valence-corrected chi connectivity index (χ1v) is 7.47. The van der Waals surface area contributed by atoms with Crippen molar-refractivity contribution < 1.29 is 20.1 Å². The molecule has 0 unspecified atom stereocenters. The van der Waals surface area contributed by atoms with Crippen molar-refractivity contribution in [1.82, 2.24) is 0 Å². The summed E-state index contributed by atoms with van der Waals surface area (Å²) >= 11 is 0. The molecule has 114 valence electrons. The number of carbonyl (C=O) groups is 1. The van der Waals surface area contributed by atoms with E-state index in [0.717, 1.165) is 18.4 Å². The van der Waals surface area contributed by atoms with Gasteiger partial charge in [-0.25, -0.2) is 0 Å². The summed E-state index contributed by atoms with van der Waals surface area (Å²) < 4.78 is 0. The molecule has 4 nitrogen and oxygen atoms in total. The monoisotopic (exact) mass is 282 g/mol. The van der Waals surface area contributed by atoms with Crippen LogP contribution in [0.4, 0.5) is 0 Å². The SMILES string of the molecule is C[C@@H]1C[C@H](O)[C@@]2(C)C(CO)=CCC[C@@H]2[C@]1(C)CC(=O)O. The topological polar surface area (TPSA) is 77.8 Å². The zero-order valence-corrected chi connectivity index (χ0v) is 12.6. The molecule has 0 bridgehead atoms. The summed E-state index contributed by atoms with van der Waals surface area (Å²) in [5.41, 5.74) is 0.0443. The molecule has 0 heterocycles. The lowest BCUT2D eigenvalue weighted by Crippen LogP contribution is -2.57. The van der Waals surface area contributed by atoms with Gasteiger partial charge in [0.25, 0.3) is 0 Å². The molecule has 5 atom stereocenters. The number of carboxylic acids is 1. The Morgan fingerprint density at radius 3 is 2.65 bits per heavy atom. The third kappa shape index (κ3) is 2.09. The maximum Gasteiger partial charge on any atom is 0.303 e. The molecule has 1 fully saturated rings. The molecule has 1 saturated carbocycles. The van der Waals surface area contributed by atoms with Gasteiger partial charge in [0.2, 0.25) is 0 Å². The third-order valence-electron chi connectivity index (χ3n) is 6.16. The summed E-state index contributed by atoms with van der Waals surface area (Å²) in [6.45, 7) is 6.03. The summed E-state index contributed by atoms with van der Waals surface area (Å²) in [7, 11) is 0. The second-order valence-electron chi connectivity index (χ2n) is 7.03. The van der Waals surface area contributed by atoms with Crippen molar-refractivity contribution in [1.29, 1.82) is 0 Å². The fourth-order valence-corrected chi connectivity index (χ4v) is 4.68. The zero-order valence-electron chi connectivity index (χ0n) is 12.6. The molecule has 0 radical (unpaired) electrons. The van der Waals surface area contributed by atoms with E-state index in [1.807, 2.05) is 26.8 Å². The van der Waals surface area contributed by atoms with Gasteiger partial charge in [0.1, 0.15) is 0 Å². The van der Waals surface area contributed by atoms with Gasteiger partial charge in [0.15, 0.2) is 0 Å². The van der Waals surface area contributed by atoms with Gasteiger partial charge in [0.05, 0.1) is 19.1 Å². The number of allylic oxidation sites excluding steroid dienone is 1. The number of aliphatic hydroxyl groups is 2. The highest BCUT2D eigenvalue weighted by atomic mass is 16.4. The highest BCUT2D eigenvalue weighted by Gasteiger charge is 2.58. The summed E-state index contributed by atoms with van der Waals surface area (Å²) in [6, 6.07) is 0. The van der Waals surface area contributed by atoms with E-state index in [-0.39, 0.29) is 30.3 Å². The predicted octanol–water partition coefficient (Wildman–Crippen LogP) is 2.20. The van der Waals surface area contributed by atoms with Crippen molar-refractivity contribution in [3.8, 4) is 0 Å². The molecule has 0 saturated heterocycles. The zero-order chi connectivity index (χ0) is 15.1. The highest BCUT2D eigenvalue weighted by Crippen LogP contribution is 2.61. The molecule has 0 spiro atoms. The van der Waals surface area contributed by atoms with Crippen LogP contribution < -0.4 is 0 Å². The summed E-state index contributed by atoms with van der Waals surface area (Å²) in [6.07, 6.45) is 3.96. The largest absolute Gasteiger partial charge is 0.481 e. The second kappa shape index (κ2) is 5.15. The molecule has 2 rings (SSSR count). The predicted molar refractivity (Wildman–Crippen MR) is 76.1 cm³/mol. The number of rotatable bonds is 3. The Bertz CT molecular complexity index is 430. The van der Waals surface area contributed by atoms with E-state index in [1.165, 1.54) is 0 Å². The first-order chi connectivity index (χ1) is 9.26. The van der Waals surface area contributed by atoms with Crippen LogP contribution in [0.15, 0.2) is 11.6 Å². The van der Waals surface area contributed by atoms with Gasteiger partial charge in [-0.2, -0.15) is 0 Å². The first-order valence-electron chi connectivity index (χ1n) is 7.47. The van der Waals surface area contributed by atoms with Crippen LogP contribution in [0.25, 0.3) is 0 Å². The fourth-order valence-electron chi connectivity index (χ4n) is 4.68. The van der Waals surface area contributed by atoms with Crippen LogP contribution >= 0.6 is 0 Å². The maximum absolute atomic E-state index is 11.3. The number of aliphatic hydroxyl groups excluding tert-OH is 2. The molecular formula is C16H26O4. The van der Waals surface area contributed by atoms with Crippen molar-refractivity contribution in [3.05, 3.63) is 11.6 Å². The minimum atomic E-state index is -0.779. The standard InChI is InChI=1S/C16H26O4/c1-10-7-13(18)16(3)11(9-17)5-4-6-12(16)15(10,2)8-14(19)20/h5,10,12-13,17-18H,4,6-9H2,1-3H3,(H,19,20)/t10-,12-,13+,15-,16+/m1/s1. The highest BCUT2D eigenvalue weighted by molar-refractivity contribution is 5.68. The Balaban J connectivity index is 2.47. The van der Waals surface area contributed by atoms with Gasteiger partial charge in [0, 0.05) is 5.41 Å². The van der Waals surface area contributed by atoms with Crippen molar-refractivity contribution in [3.63, 3.8) is 0 Å². The van der Waals surface area contributed by atoms with Gasteiger partial charge in [-0.1, -0.05) is 26.8 Å². The normalized spacial score (nSPS) is 44.6. The third-order valence-corrected chi connectivity index (χ3v) is 6.16. The molecule has 2 aliphatic carbocycles. The average Bonchev–Trinajstić information content (AvgIpc) is 2.36. The van der Waals surface area contributed by atoms with Crippen molar-refractivity contribution in [2.24, 2.45) is 22.7 Å². The van der Waals surface area contributed by atoms with E-state index in [0.29, 0.717) is 6.42 Å². The van der Waals surface area contributed by atoms with E-state index in [1.54, 1.807) is 0 Å². The molecule has 2 aliphatic rings. The number of aliphatic carboxylic acids is 1. The van der Waals surface area contributed by atoms with Crippen molar-refractivity contribution in [2.75, 3.05) is 6.61 Å². The van der Waals surface area contributed by atoms with E-state index in [2.05, 4.69) is 0 Å². The quantitative estimate of drug-likeness (QED) is 0.693. The van der Waals surface area contributed by atoms with E-state index in [4.69, 9.17) is 0 Å². The first kappa shape index (κ1) is 15.5. The van der Waals surface area contributed by atoms with Gasteiger partial charge in [-0.3, -0.25) is 4.79 Å². The molecule has 0 aromatic rings. The Kier molecular flexibility index (Phi) is 4.00.